The Hall–Kier alpha value is -1.33. The number of carbonyl (C=O) groups is 2. The van der Waals surface area contributed by atoms with Gasteiger partial charge in [-0.25, -0.2) is 14.0 Å². The summed E-state index contributed by atoms with van der Waals surface area (Å²) in [5.41, 5.74) is 4.53. The maximum atomic E-state index is 12.0. The molecule has 2 amide bonds. The number of halogens is 1. The van der Waals surface area contributed by atoms with Crippen LogP contribution in [0.4, 0.5) is 9.18 Å². The molecular formula is C4H7FN2O3. The molecule has 0 fully saturated rings. The van der Waals surface area contributed by atoms with Gasteiger partial charge in [-0.3, -0.25) is 0 Å². The smallest absolute Gasteiger partial charge is 0.340 e. The molecule has 1 atom stereocenters. The summed E-state index contributed by atoms with van der Waals surface area (Å²) < 4.78 is 12.0. The third kappa shape index (κ3) is 3.65. The number of aliphatic carboxylic acids is 1. The number of carbonyl (C=O) groups excluding carboxylic acids is 1. The van der Waals surface area contributed by atoms with Gasteiger partial charge in [0, 0.05) is 0 Å². The number of carboxylic acid groups (broad SMARTS) is 1. The Kier molecular flexibility index (Phi) is 3.16. The van der Waals surface area contributed by atoms with Crippen LogP contribution in [0.15, 0.2) is 0 Å². The van der Waals surface area contributed by atoms with Gasteiger partial charge >= 0.3 is 12.0 Å². The fourth-order valence-electron chi connectivity index (χ4n) is 0.278. The lowest BCUT2D eigenvalue weighted by Crippen LogP contribution is -2.37. The molecule has 0 saturated carbocycles. The van der Waals surface area contributed by atoms with E-state index in [-0.39, 0.29) is 0 Å². The van der Waals surface area contributed by atoms with Crippen LogP contribution in [0.2, 0.25) is 0 Å². The molecule has 0 aromatic rings. The molecule has 5 nitrogen and oxygen atoms in total. The summed E-state index contributed by atoms with van der Waals surface area (Å²) in [5.74, 6) is -1.62. The SMILES string of the molecule is NC(=O)NCC(F)C(=O)O. The zero-order valence-corrected chi connectivity index (χ0v) is 5.00. The summed E-state index contributed by atoms with van der Waals surface area (Å²) in [6.45, 7) is -0.593. The van der Waals surface area contributed by atoms with E-state index in [2.05, 4.69) is 5.73 Å². The van der Waals surface area contributed by atoms with Gasteiger partial charge in [-0.2, -0.15) is 0 Å². The number of hydrogen-bond acceptors (Lipinski definition) is 2. The van der Waals surface area contributed by atoms with E-state index < -0.39 is 24.7 Å². The highest BCUT2D eigenvalue weighted by Gasteiger charge is 2.14. The van der Waals surface area contributed by atoms with Crippen LogP contribution in [0.25, 0.3) is 0 Å². The first-order chi connectivity index (χ1) is 4.54. The van der Waals surface area contributed by atoms with Crippen molar-refractivity contribution < 1.29 is 19.1 Å². The Balaban J connectivity index is 3.49. The lowest BCUT2D eigenvalue weighted by atomic mass is 10.4. The Labute approximate surface area is 56.0 Å². The van der Waals surface area contributed by atoms with E-state index in [4.69, 9.17) is 5.11 Å². The van der Waals surface area contributed by atoms with Gasteiger partial charge in [-0.15, -0.1) is 0 Å². The van der Waals surface area contributed by atoms with Gasteiger partial charge in [0.2, 0.25) is 6.17 Å². The van der Waals surface area contributed by atoms with Crippen molar-refractivity contribution in [1.29, 1.82) is 0 Å². The summed E-state index contributed by atoms with van der Waals surface area (Å²) >= 11 is 0. The quantitative estimate of drug-likeness (QED) is 0.485. The number of rotatable bonds is 3. The van der Waals surface area contributed by atoms with Gasteiger partial charge in [0.15, 0.2) is 0 Å². The van der Waals surface area contributed by atoms with Crippen LogP contribution in [0, 0.1) is 0 Å². The Morgan fingerprint density at radius 2 is 2.20 bits per heavy atom. The van der Waals surface area contributed by atoms with Gasteiger partial charge < -0.3 is 16.2 Å². The van der Waals surface area contributed by atoms with Gasteiger partial charge in [0.05, 0.1) is 6.54 Å². The van der Waals surface area contributed by atoms with E-state index in [1.54, 1.807) is 0 Å². The van der Waals surface area contributed by atoms with Crippen molar-refractivity contribution in [2.75, 3.05) is 6.54 Å². The van der Waals surface area contributed by atoms with E-state index in [0.717, 1.165) is 0 Å². The van der Waals surface area contributed by atoms with Crippen LogP contribution >= 0.6 is 0 Å². The van der Waals surface area contributed by atoms with Crippen LogP contribution < -0.4 is 11.1 Å². The maximum absolute atomic E-state index is 12.0. The largest absolute Gasteiger partial charge is 0.479 e. The summed E-state index contributed by atoms with van der Waals surface area (Å²) in [4.78, 5) is 19.6. The molecule has 0 bridgehead atoms. The van der Waals surface area contributed by atoms with Crippen molar-refractivity contribution in [2.24, 2.45) is 5.73 Å². The first-order valence-electron chi connectivity index (χ1n) is 2.44. The first kappa shape index (κ1) is 8.67. The number of nitrogens with two attached hydrogens (primary N) is 1. The zero-order chi connectivity index (χ0) is 8.15. The molecule has 0 saturated heterocycles. The molecule has 4 N–H and O–H groups in total. The molecule has 0 aliphatic carbocycles. The number of urea groups is 1. The van der Waals surface area contributed by atoms with Gasteiger partial charge in [0.25, 0.3) is 0 Å². The molecular weight excluding hydrogens is 143 g/mol. The van der Waals surface area contributed by atoms with E-state index in [9.17, 15) is 14.0 Å². The number of alkyl halides is 1. The average Bonchev–Trinajstić information content (AvgIpc) is 1.82. The highest BCUT2D eigenvalue weighted by Crippen LogP contribution is 1.86. The summed E-state index contributed by atoms with van der Waals surface area (Å²) in [7, 11) is 0. The minimum absolute atomic E-state index is 0.593. The van der Waals surface area contributed by atoms with E-state index in [1.165, 1.54) is 0 Å². The maximum Gasteiger partial charge on any atom is 0.340 e. The second kappa shape index (κ2) is 3.65. The zero-order valence-electron chi connectivity index (χ0n) is 5.00. The van der Waals surface area contributed by atoms with Crippen molar-refractivity contribution in [3.63, 3.8) is 0 Å². The second-order valence-corrected chi connectivity index (χ2v) is 1.55. The molecule has 0 radical (unpaired) electrons. The molecule has 0 aromatic carbocycles. The Morgan fingerprint density at radius 3 is 2.50 bits per heavy atom. The fourth-order valence-corrected chi connectivity index (χ4v) is 0.278. The molecule has 1 unspecified atom stereocenters. The molecule has 0 aliphatic rings. The molecule has 0 aliphatic heterocycles. The predicted octanol–water partition coefficient (Wildman–Crippen LogP) is -0.923. The number of amides is 2. The molecule has 10 heavy (non-hydrogen) atoms. The highest BCUT2D eigenvalue weighted by atomic mass is 19.1. The third-order valence-electron chi connectivity index (χ3n) is 0.723. The third-order valence-corrected chi connectivity index (χ3v) is 0.723. The summed E-state index contributed by atoms with van der Waals surface area (Å²) in [6.07, 6.45) is -2.09. The van der Waals surface area contributed by atoms with Gasteiger partial charge in [0.1, 0.15) is 0 Å². The van der Waals surface area contributed by atoms with Crippen LogP contribution in [0.5, 0.6) is 0 Å². The van der Waals surface area contributed by atoms with Gasteiger partial charge in [-0.05, 0) is 0 Å². The number of primary amides is 1. The van der Waals surface area contributed by atoms with Crippen molar-refractivity contribution in [3.8, 4) is 0 Å². The van der Waals surface area contributed by atoms with E-state index in [0.29, 0.717) is 0 Å². The summed E-state index contributed by atoms with van der Waals surface area (Å²) in [5, 5.41) is 9.74. The predicted molar refractivity (Wildman–Crippen MR) is 30.1 cm³/mol. The monoisotopic (exact) mass is 150 g/mol. The molecule has 58 valence electrons. The molecule has 0 aromatic heterocycles. The van der Waals surface area contributed by atoms with Crippen LogP contribution in [-0.2, 0) is 4.79 Å². The molecule has 0 spiro atoms. The number of nitrogens with one attached hydrogen (secondary N) is 1. The lowest BCUT2D eigenvalue weighted by molar-refractivity contribution is -0.142. The summed E-state index contributed by atoms with van der Waals surface area (Å²) in [6, 6.07) is -0.941. The number of hydrogen-bond donors (Lipinski definition) is 3. The molecule has 0 heterocycles. The standard InChI is InChI=1S/C4H7FN2O3/c5-2(3(8)9)1-7-4(6)10/h2H,1H2,(H,8,9)(H3,6,7,10). The fraction of sp³-hybridized carbons (Fsp3) is 0.500. The van der Waals surface area contributed by atoms with Crippen LogP contribution in [-0.4, -0.2) is 29.8 Å². The molecule has 6 heteroatoms. The highest BCUT2D eigenvalue weighted by molar-refractivity contribution is 5.75. The Morgan fingerprint density at radius 1 is 1.70 bits per heavy atom. The number of carboxylic acids is 1. The minimum atomic E-state index is -2.09. The lowest BCUT2D eigenvalue weighted by Gasteiger charge is -2.01. The van der Waals surface area contributed by atoms with Crippen LogP contribution in [0.1, 0.15) is 0 Å². The van der Waals surface area contributed by atoms with Crippen molar-refractivity contribution in [2.45, 2.75) is 6.17 Å². The molecule has 0 rings (SSSR count). The Bertz CT molecular complexity index is 149. The van der Waals surface area contributed by atoms with Crippen molar-refractivity contribution in [3.05, 3.63) is 0 Å². The average molecular weight is 150 g/mol. The van der Waals surface area contributed by atoms with E-state index >= 15 is 0 Å². The normalized spacial score (nSPS) is 12.1. The second-order valence-electron chi connectivity index (χ2n) is 1.55. The minimum Gasteiger partial charge on any atom is -0.479 e. The van der Waals surface area contributed by atoms with E-state index in [1.807, 2.05) is 5.32 Å². The first-order valence-corrected chi connectivity index (χ1v) is 2.44. The van der Waals surface area contributed by atoms with Crippen LogP contribution in [0.3, 0.4) is 0 Å². The van der Waals surface area contributed by atoms with Crippen molar-refractivity contribution >= 4 is 12.0 Å². The van der Waals surface area contributed by atoms with Gasteiger partial charge in [-0.1, -0.05) is 0 Å². The van der Waals surface area contributed by atoms with Crippen molar-refractivity contribution in [1.82, 2.24) is 5.32 Å². The topological polar surface area (TPSA) is 92.4 Å².